The van der Waals surface area contributed by atoms with E-state index in [4.69, 9.17) is 0 Å². The summed E-state index contributed by atoms with van der Waals surface area (Å²) in [6, 6.07) is 30.9. The molecule has 0 nitrogen and oxygen atoms in total. The van der Waals surface area contributed by atoms with Crippen molar-refractivity contribution in [1.82, 2.24) is 0 Å². The van der Waals surface area contributed by atoms with Gasteiger partial charge in [-0.2, -0.15) is 23.3 Å². The average molecular weight is 611 g/mol. The Morgan fingerprint density at radius 2 is 0.917 bits per heavy atom. The molecule has 2 aliphatic carbocycles. The van der Waals surface area contributed by atoms with E-state index in [2.05, 4.69) is 98.0 Å². The van der Waals surface area contributed by atoms with Gasteiger partial charge in [-0.05, 0) is 12.8 Å². The summed E-state index contributed by atoms with van der Waals surface area (Å²) in [6.07, 6.45) is 10.6. The Labute approximate surface area is 245 Å². The molecule has 0 aliphatic heterocycles. The fraction of sp³-hybridized carbons (Fsp3) is 0.312. The molecule has 0 spiro atoms. The van der Waals surface area contributed by atoms with Crippen molar-refractivity contribution in [3.8, 4) is 22.3 Å². The number of aryl methyl sites for hydroxylation is 4. The van der Waals surface area contributed by atoms with Gasteiger partial charge < -0.3 is 24.8 Å². The molecular formula is C32H36Cl2SiZr-2. The van der Waals surface area contributed by atoms with Gasteiger partial charge in [-0.25, -0.2) is 0 Å². The molecule has 0 heterocycles. The van der Waals surface area contributed by atoms with Gasteiger partial charge in [0, 0.05) is 0 Å². The molecule has 36 heavy (non-hydrogen) atoms. The van der Waals surface area contributed by atoms with E-state index in [-0.39, 0.29) is 30.2 Å². The predicted octanol–water partition coefficient (Wildman–Crippen LogP) is 2.69. The molecule has 0 bridgehead atoms. The molecule has 2 aliphatic rings. The maximum absolute atomic E-state index is 2.38. The van der Waals surface area contributed by atoms with Crippen molar-refractivity contribution in [3.05, 3.63) is 107 Å². The smallest absolute Gasteiger partial charge is 0.0456 e. The molecule has 0 saturated heterocycles. The van der Waals surface area contributed by atoms with E-state index in [0.29, 0.717) is 0 Å². The van der Waals surface area contributed by atoms with E-state index in [9.17, 15) is 0 Å². The molecule has 4 aromatic rings. The van der Waals surface area contributed by atoms with Crippen molar-refractivity contribution < 1.29 is 48.1 Å². The van der Waals surface area contributed by atoms with E-state index >= 15 is 0 Å². The van der Waals surface area contributed by atoms with Crippen LogP contribution in [0.4, 0.5) is 0 Å². The van der Waals surface area contributed by atoms with E-state index in [1.54, 1.807) is 45.6 Å². The van der Waals surface area contributed by atoms with Crippen LogP contribution in [0.2, 0.25) is 13.1 Å². The second kappa shape index (κ2) is 15.9. The van der Waals surface area contributed by atoms with E-state index in [1.165, 1.54) is 73.6 Å². The number of fused-ring (bicyclic) bond motifs is 2. The van der Waals surface area contributed by atoms with Crippen LogP contribution < -0.4 is 24.8 Å². The van der Waals surface area contributed by atoms with Crippen LogP contribution in [0.25, 0.3) is 22.3 Å². The summed E-state index contributed by atoms with van der Waals surface area (Å²) in [4.78, 5) is 0. The van der Waals surface area contributed by atoms with Gasteiger partial charge in [-0.1, -0.05) is 99.2 Å². The number of hydrogen-bond donors (Lipinski definition) is 0. The topological polar surface area (TPSA) is 0 Å². The summed E-state index contributed by atoms with van der Waals surface area (Å²) in [5, 5.41) is 0. The Balaban J connectivity index is 0.000000211. The first kappa shape index (κ1) is 31.0. The Morgan fingerprint density at radius 1 is 0.583 bits per heavy atom. The molecular weight excluding hydrogens is 575 g/mol. The summed E-state index contributed by atoms with van der Waals surface area (Å²) in [7, 11) is 0. The molecule has 0 unspecified atom stereocenters. The van der Waals surface area contributed by atoms with Crippen molar-refractivity contribution in [2.45, 2.75) is 64.5 Å². The van der Waals surface area contributed by atoms with Crippen molar-refractivity contribution >= 4 is 5.43 Å². The first-order chi connectivity index (χ1) is 16.6. The Morgan fingerprint density at radius 3 is 1.25 bits per heavy atom. The van der Waals surface area contributed by atoms with Crippen molar-refractivity contribution in [2.24, 2.45) is 0 Å². The normalized spacial score (nSPS) is 13.2. The standard InChI is InChI=1S/2C15H15.C2H6Si.2ClH.Zr/c2*1-2-6-12(7-3-1)15-10-13-8-4-5-9-14(13)11-15;1-3-2;;;/h2*1-3,6-7,10-11H,4-5,8-9H2;1-2H3;2*1H;/q2*-1;;;;+2/p-2. The summed E-state index contributed by atoms with van der Waals surface area (Å²) in [6.45, 7) is 4.62. The number of benzene rings is 2. The van der Waals surface area contributed by atoms with E-state index in [1.807, 2.05) is 0 Å². The van der Waals surface area contributed by atoms with Crippen LogP contribution in [0.5, 0.6) is 0 Å². The molecule has 6 rings (SSSR count). The quantitative estimate of drug-likeness (QED) is 0.242. The molecule has 188 valence electrons. The average Bonchev–Trinajstić information content (AvgIpc) is 3.50. The third-order valence-electron chi connectivity index (χ3n) is 6.64. The van der Waals surface area contributed by atoms with Gasteiger partial charge in [0.05, 0.1) is 0 Å². The third kappa shape index (κ3) is 8.98. The molecule has 4 aromatic carbocycles. The van der Waals surface area contributed by atoms with Gasteiger partial charge in [0.15, 0.2) is 0 Å². The van der Waals surface area contributed by atoms with Crippen LogP contribution >= 0.6 is 0 Å². The number of halogens is 2. The minimum absolute atomic E-state index is 0. The maximum Gasteiger partial charge on any atom is -0.0456 e. The van der Waals surface area contributed by atoms with Crippen LogP contribution in [0.1, 0.15) is 47.9 Å². The maximum atomic E-state index is 2.38. The van der Waals surface area contributed by atoms with Gasteiger partial charge in [0.2, 0.25) is 0 Å². The van der Waals surface area contributed by atoms with E-state index in [0.717, 1.165) is 0 Å². The zero-order valence-corrected chi connectivity index (χ0v) is 26.5. The Bertz CT molecular complexity index is 1050. The van der Waals surface area contributed by atoms with Gasteiger partial charge >= 0.3 is 41.9 Å². The van der Waals surface area contributed by atoms with Crippen LogP contribution in [-0.4, -0.2) is 5.43 Å². The van der Waals surface area contributed by atoms with Gasteiger partial charge in [-0.15, -0.1) is 45.5 Å². The molecule has 4 heteroatoms. The van der Waals surface area contributed by atoms with Crippen molar-refractivity contribution in [2.75, 3.05) is 0 Å². The molecule has 0 saturated carbocycles. The minimum atomic E-state index is 0. The molecule has 0 radical (unpaired) electrons. The molecule has 0 aromatic heterocycles. The summed E-state index contributed by atoms with van der Waals surface area (Å²) >= 11 is 1.74. The van der Waals surface area contributed by atoms with Crippen LogP contribution in [0, 0.1) is 0 Å². The summed E-state index contributed by atoms with van der Waals surface area (Å²) in [5.41, 5.74) is 12.1. The first-order valence-corrected chi connectivity index (χ1v) is 19.0. The third-order valence-corrected chi connectivity index (χ3v) is 6.64. The van der Waals surface area contributed by atoms with Crippen LogP contribution in [0.15, 0.2) is 84.9 Å². The predicted molar refractivity (Wildman–Crippen MR) is 146 cm³/mol. The van der Waals surface area contributed by atoms with Crippen LogP contribution in [-0.2, 0) is 49.0 Å². The SMILES string of the molecule is C[Si](C)=[Zr+2].[Cl-].[Cl-].c1ccc(-c2cc3c([cH-]2)CCCC3)cc1.c1ccc(-c2cc3c([cH-]2)CCCC3)cc1. The molecule has 0 amide bonds. The second-order valence-electron chi connectivity index (χ2n) is 9.74. The Kier molecular flexibility index (Phi) is 13.7. The molecule has 0 fully saturated rings. The number of hydrogen-bond acceptors (Lipinski definition) is 0. The largest absolute Gasteiger partial charge is 1.00 e. The van der Waals surface area contributed by atoms with Gasteiger partial charge in [-0.3, -0.25) is 0 Å². The molecule has 0 N–H and O–H groups in total. The summed E-state index contributed by atoms with van der Waals surface area (Å²) < 4.78 is 0. The van der Waals surface area contributed by atoms with Gasteiger partial charge in [0.1, 0.15) is 0 Å². The van der Waals surface area contributed by atoms with Crippen molar-refractivity contribution in [3.63, 3.8) is 0 Å². The zero-order chi connectivity index (χ0) is 23.8. The second-order valence-corrected chi connectivity index (χ2v) is 19.1. The van der Waals surface area contributed by atoms with Crippen molar-refractivity contribution in [1.29, 1.82) is 0 Å². The fourth-order valence-electron chi connectivity index (χ4n) is 4.99. The first-order valence-electron chi connectivity index (χ1n) is 12.8. The Hall–Kier alpha value is -1.18. The monoisotopic (exact) mass is 608 g/mol. The minimum Gasteiger partial charge on any atom is -1.00 e. The fourth-order valence-corrected chi connectivity index (χ4v) is 4.99. The molecule has 0 atom stereocenters. The van der Waals surface area contributed by atoms with Crippen LogP contribution in [0.3, 0.4) is 0 Å². The number of rotatable bonds is 2. The van der Waals surface area contributed by atoms with Gasteiger partial charge in [0.25, 0.3) is 0 Å². The zero-order valence-electron chi connectivity index (χ0n) is 21.5. The summed E-state index contributed by atoms with van der Waals surface area (Å²) in [5.74, 6) is 0. The van der Waals surface area contributed by atoms with E-state index < -0.39 is 0 Å².